The molecule has 2 aliphatic rings. The topological polar surface area (TPSA) is 73.6 Å². The largest absolute Gasteiger partial charge is 0.493 e. The number of nitrogens with one attached hydrogen (secondary N) is 1. The Morgan fingerprint density at radius 2 is 2.00 bits per heavy atom. The number of non-ortho nitro benzene ring substituents is 1. The smallest absolute Gasteiger partial charge is 0.270 e. The highest BCUT2D eigenvalue weighted by Crippen LogP contribution is 2.52. The van der Waals surface area contributed by atoms with E-state index in [2.05, 4.69) is 39.5 Å². The molecule has 1 N–H and O–H groups in total. The van der Waals surface area contributed by atoms with Crippen molar-refractivity contribution in [3.05, 3.63) is 67.7 Å². The van der Waals surface area contributed by atoms with E-state index in [4.69, 9.17) is 9.47 Å². The summed E-state index contributed by atoms with van der Waals surface area (Å²) in [6.07, 6.45) is 5.26. The summed E-state index contributed by atoms with van der Waals surface area (Å²) in [6, 6.07) is 7.46. The van der Waals surface area contributed by atoms with Gasteiger partial charge in [0.1, 0.15) is 0 Å². The van der Waals surface area contributed by atoms with E-state index in [9.17, 15) is 10.1 Å². The molecule has 7 heteroatoms. The predicted octanol–water partition coefficient (Wildman–Crippen LogP) is 5.51. The molecule has 0 saturated carbocycles. The number of allylic oxidation sites excluding steroid dienone is 2. The fourth-order valence-corrected chi connectivity index (χ4v) is 5.04. The van der Waals surface area contributed by atoms with Crippen LogP contribution >= 0.6 is 15.9 Å². The van der Waals surface area contributed by atoms with Crippen LogP contribution in [-0.4, -0.2) is 19.1 Å². The van der Waals surface area contributed by atoms with E-state index >= 15 is 0 Å². The molecule has 0 amide bonds. The van der Waals surface area contributed by atoms with Crippen LogP contribution in [0.4, 0.5) is 11.4 Å². The van der Waals surface area contributed by atoms with Crippen molar-refractivity contribution < 1.29 is 14.4 Å². The highest BCUT2D eigenvalue weighted by atomic mass is 79.9. The molecule has 0 saturated heterocycles. The van der Waals surface area contributed by atoms with Crippen LogP contribution in [0.3, 0.4) is 0 Å². The minimum Gasteiger partial charge on any atom is -0.493 e. The quantitative estimate of drug-likeness (QED) is 0.382. The van der Waals surface area contributed by atoms with Gasteiger partial charge in [0, 0.05) is 23.7 Å². The number of rotatable bonds is 4. The highest BCUT2D eigenvalue weighted by molar-refractivity contribution is 9.10. The number of fused-ring (bicyclic) bond motifs is 3. The van der Waals surface area contributed by atoms with E-state index in [1.54, 1.807) is 26.4 Å². The maximum atomic E-state index is 11.3. The van der Waals surface area contributed by atoms with Crippen LogP contribution in [0.2, 0.25) is 0 Å². The molecule has 0 unspecified atom stereocenters. The van der Waals surface area contributed by atoms with Crippen molar-refractivity contribution in [2.45, 2.75) is 25.3 Å². The number of nitro benzene ring substituents is 1. The average Bonchev–Trinajstić information content (AvgIpc) is 3.16. The third kappa shape index (κ3) is 2.94. The molecule has 146 valence electrons. The SMILES string of the molecule is COc1cc([C@@H]2Nc3c(C)cc([N+](=O)[O-])cc3[C@H]3C=CC[C@H]32)cc(Br)c1OC. The van der Waals surface area contributed by atoms with Crippen molar-refractivity contribution in [3.8, 4) is 11.5 Å². The van der Waals surface area contributed by atoms with Gasteiger partial charge in [-0.05, 0) is 64.0 Å². The monoisotopic (exact) mass is 444 g/mol. The van der Waals surface area contributed by atoms with Gasteiger partial charge in [-0.15, -0.1) is 0 Å². The minimum absolute atomic E-state index is 0.0590. The zero-order chi connectivity index (χ0) is 20.0. The third-order valence-corrected chi connectivity index (χ3v) is 6.27. The molecule has 0 radical (unpaired) electrons. The summed E-state index contributed by atoms with van der Waals surface area (Å²) in [5.74, 6) is 1.75. The Labute approximate surface area is 171 Å². The number of nitrogens with zero attached hydrogens (tertiary/aromatic N) is 1. The normalized spacial score (nSPS) is 22.2. The second kappa shape index (κ2) is 7.13. The van der Waals surface area contributed by atoms with E-state index in [1.165, 1.54) is 0 Å². The second-order valence-corrected chi connectivity index (χ2v) is 8.05. The Morgan fingerprint density at radius 3 is 2.68 bits per heavy atom. The molecule has 6 nitrogen and oxygen atoms in total. The maximum absolute atomic E-state index is 11.3. The summed E-state index contributed by atoms with van der Waals surface area (Å²) in [7, 11) is 3.24. The molecular formula is C21H21BrN2O4. The third-order valence-electron chi connectivity index (χ3n) is 5.68. The number of anilines is 1. The van der Waals surface area contributed by atoms with E-state index in [0.29, 0.717) is 11.5 Å². The lowest BCUT2D eigenvalue weighted by Crippen LogP contribution is -2.29. The lowest BCUT2D eigenvalue weighted by atomic mass is 9.76. The summed E-state index contributed by atoms with van der Waals surface area (Å²) in [4.78, 5) is 11.0. The van der Waals surface area contributed by atoms with Crippen LogP contribution in [0.15, 0.2) is 40.9 Å². The number of ether oxygens (including phenoxy) is 2. The first-order valence-corrected chi connectivity index (χ1v) is 9.87. The van der Waals surface area contributed by atoms with Crippen LogP contribution in [0.5, 0.6) is 11.5 Å². The number of hydrogen-bond donors (Lipinski definition) is 1. The molecular weight excluding hydrogens is 424 g/mol. The Hall–Kier alpha value is -2.54. The maximum Gasteiger partial charge on any atom is 0.270 e. The lowest BCUT2D eigenvalue weighted by molar-refractivity contribution is -0.385. The zero-order valence-electron chi connectivity index (χ0n) is 15.9. The zero-order valence-corrected chi connectivity index (χ0v) is 17.4. The predicted molar refractivity (Wildman–Crippen MR) is 111 cm³/mol. The van der Waals surface area contributed by atoms with Crippen molar-refractivity contribution in [3.63, 3.8) is 0 Å². The van der Waals surface area contributed by atoms with Gasteiger partial charge in [-0.1, -0.05) is 12.2 Å². The summed E-state index contributed by atoms with van der Waals surface area (Å²) >= 11 is 3.59. The fourth-order valence-electron chi connectivity index (χ4n) is 4.42. The second-order valence-electron chi connectivity index (χ2n) is 7.20. The fraction of sp³-hybridized carbons (Fsp3) is 0.333. The summed E-state index contributed by atoms with van der Waals surface area (Å²) in [6.45, 7) is 1.92. The van der Waals surface area contributed by atoms with Crippen molar-refractivity contribution in [1.29, 1.82) is 0 Å². The van der Waals surface area contributed by atoms with Gasteiger partial charge in [0.25, 0.3) is 5.69 Å². The average molecular weight is 445 g/mol. The van der Waals surface area contributed by atoms with Crippen molar-refractivity contribution in [2.75, 3.05) is 19.5 Å². The van der Waals surface area contributed by atoms with Gasteiger partial charge >= 0.3 is 0 Å². The summed E-state index contributed by atoms with van der Waals surface area (Å²) in [5, 5.41) is 15.0. The van der Waals surface area contributed by atoms with Crippen LogP contribution in [0, 0.1) is 23.0 Å². The molecule has 28 heavy (non-hydrogen) atoms. The van der Waals surface area contributed by atoms with Gasteiger partial charge in [0.15, 0.2) is 11.5 Å². The number of halogens is 1. The molecule has 1 aliphatic carbocycles. The van der Waals surface area contributed by atoms with Gasteiger partial charge in [-0.3, -0.25) is 10.1 Å². The first-order chi connectivity index (χ1) is 13.4. The van der Waals surface area contributed by atoms with Crippen LogP contribution < -0.4 is 14.8 Å². The summed E-state index contributed by atoms with van der Waals surface area (Å²) < 4.78 is 11.8. The molecule has 4 rings (SSSR count). The van der Waals surface area contributed by atoms with Gasteiger partial charge in [0.2, 0.25) is 0 Å². The molecule has 3 atom stereocenters. The Balaban J connectivity index is 1.82. The highest BCUT2D eigenvalue weighted by Gasteiger charge is 2.39. The first kappa shape index (κ1) is 18.8. The van der Waals surface area contributed by atoms with Gasteiger partial charge < -0.3 is 14.8 Å². The van der Waals surface area contributed by atoms with E-state index < -0.39 is 0 Å². The van der Waals surface area contributed by atoms with Gasteiger partial charge in [-0.2, -0.15) is 0 Å². The molecule has 2 aromatic carbocycles. The number of hydrogen-bond acceptors (Lipinski definition) is 5. The minimum atomic E-state index is -0.321. The van der Waals surface area contributed by atoms with E-state index in [1.807, 2.05) is 13.0 Å². The molecule has 0 bridgehead atoms. The molecule has 2 aromatic rings. The number of aryl methyl sites for hydroxylation is 1. The van der Waals surface area contributed by atoms with Crippen LogP contribution in [-0.2, 0) is 0 Å². The molecule has 1 heterocycles. The van der Waals surface area contributed by atoms with Gasteiger partial charge in [0.05, 0.1) is 29.7 Å². The van der Waals surface area contributed by atoms with E-state index in [-0.39, 0.29) is 28.5 Å². The Kier molecular flexibility index (Phi) is 4.79. The first-order valence-electron chi connectivity index (χ1n) is 9.08. The Morgan fingerprint density at radius 1 is 1.21 bits per heavy atom. The standard InChI is InChI=1S/C21H21BrN2O4/c1-11-7-13(24(25)26)10-16-14-5-4-6-15(14)20(23-19(11)16)12-8-17(22)21(28-3)18(9-12)27-2/h4-5,7-10,14-15,20,23H,6H2,1-3H3/t14-,15+,20-/m0/s1. The van der Waals surface area contributed by atoms with E-state index in [0.717, 1.165) is 33.3 Å². The number of benzene rings is 2. The Bertz CT molecular complexity index is 989. The number of nitro groups is 1. The molecule has 1 aliphatic heterocycles. The van der Waals surface area contributed by atoms with Crippen molar-refractivity contribution in [1.82, 2.24) is 0 Å². The van der Waals surface area contributed by atoms with Crippen molar-refractivity contribution >= 4 is 27.3 Å². The molecule has 0 aromatic heterocycles. The van der Waals surface area contributed by atoms with Crippen molar-refractivity contribution in [2.24, 2.45) is 5.92 Å². The van der Waals surface area contributed by atoms with Crippen LogP contribution in [0.25, 0.3) is 0 Å². The summed E-state index contributed by atoms with van der Waals surface area (Å²) in [5.41, 5.74) is 4.10. The van der Waals surface area contributed by atoms with Crippen LogP contribution in [0.1, 0.15) is 35.1 Å². The molecule has 0 fully saturated rings. The number of methoxy groups -OCH3 is 2. The lowest BCUT2D eigenvalue weighted by Gasteiger charge is -2.38. The molecule has 0 spiro atoms. The van der Waals surface area contributed by atoms with Gasteiger partial charge in [-0.25, -0.2) is 0 Å².